The van der Waals surface area contributed by atoms with Gasteiger partial charge in [-0.15, -0.1) is 0 Å². The molecule has 7 nitrogen and oxygen atoms in total. The standard InChI is InChI=1S/C12H20N4O3S/c1-14(2)12(17)11-8-13-5-7-16(11)20(18,19)10-4-6-15(3)9-10/h4,6,9,11,13H,5,7-8H2,1-3H3. The summed E-state index contributed by atoms with van der Waals surface area (Å²) < 4.78 is 28.3. The molecule has 1 aromatic heterocycles. The van der Waals surface area contributed by atoms with E-state index in [1.807, 2.05) is 0 Å². The molecule has 1 aliphatic heterocycles. The Labute approximate surface area is 119 Å². The van der Waals surface area contributed by atoms with Crippen LogP contribution in [0.4, 0.5) is 0 Å². The minimum atomic E-state index is -3.64. The predicted octanol–water partition coefficient (Wildman–Crippen LogP) is -0.924. The zero-order valence-corrected chi connectivity index (χ0v) is 12.7. The molecule has 0 bridgehead atoms. The van der Waals surface area contributed by atoms with Crippen LogP contribution in [-0.2, 0) is 21.9 Å². The van der Waals surface area contributed by atoms with Gasteiger partial charge in [-0.05, 0) is 6.07 Å². The van der Waals surface area contributed by atoms with Crippen molar-refractivity contribution in [1.82, 2.24) is 19.1 Å². The number of aryl methyl sites for hydroxylation is 1. The second-order valence-corrected chi connectivity index (χ2v) is 6.97. The molecule has 8 heteroatoms. The van der Waals surface area contributed by atoms with Crippen molar-refractivity contribution in [2.24, 2.45) is 7.05 Å². The van der Waals surface area contributed by atoms with E-state index in [2.05, 4.69) is 5.32 Å². The minimum Gasteiger partial charge on any atom is -0.356 e. The van der Waals surface area contributed by atoms with Crippen LogP contribution in [-0.4, -0.2) is 67.9 Å². The van der Waals surface area contributed by atoms with Gasteiger partial charge >= 0.3 is 0 Å². The molecule has 0 saturated carbocycles. The number of nitrogens with zero attached hydrogens (tertiary/aromatic N) is 3. The molecule has 0 radical (unpaired) electrons. The van der Waals surface area contributed by atoms with Crippen LogP contribution in [0, 0.1) is 0 Å². The molecule has 1 amide bonds. The Morgan fingerprint density at radius 1 is 1.45 bits per heavy atom. The SMILES string of the molecule is CN(C)C(=O)C1CNCCN1S(=O)(=O)c1ccn(C)c1. The van der Waals surface area contributed by atoms with E-state index < -0.39 is 16.1 Å². The number of amides is 1. The fourth-order valence-electron chi connectivity index (χ4n) is 2.25. The zero-order valence-electron chi connectivity index (χ0n) is 11.9. The van der Waals surface area contributed by atoms with Gasteiger partial charge in [0.2, 0.25) is 15.9 Å². The summed E-state index contributed by atoms with van der Waals surface area (Å²) in [5, 5.41) is 3.07. The normalized spacial score (nSPS) is 20.9. The largest absolute Gasteiger partial charge is 0.356 e. The van der Waals surface area contributed by atoms with Crippen LogP contribution in [0.2, 0.25) is 0 Å². The Kier molecular flexibility index (Phi) is 4.17. The van der Waals surface area contributed by atoms with E-state index in [-0.39, 0.29) is 10.8 Å². The Morgan fingerprint density at radius 2 is 2.15 bits per heavy atom. The van der Waals surface area contributed by atoms with Gasteiger partial charge in [-0.25, -0.2) is 8.42 Å². The van der Waals surface area contributed by atoms with Crippen molar-refractivity contribution in [2.45, 2.75) is 10.9 Å². The molecule has 2 heterocycles. The number of rotatable bonds is 3. The molecule has 1 aliphatic rings. The van der Waals surface area contributed by atoms with E-state index in [1.165, 1.54) is 9.21 Å². The maximum absolute atomic E-state index is 12.7. The number of hydrogen-bond donors (Lipinski definition) is 1. The smallest absolute Gasteiger partial charge is 0.245 e. The van der Waals surface area contributed by atoms with Gasteiger partial charge in [-0.1, -0.05) is 0 Å². The molecule has 0 aliphatic carbocycles. The minimum absolute atomic E-state index is 0.211. The van der Waals surface area contributed by atoms with Gasteiger partial charge in [0.25, 0.3) is 0 Å². The van der Waals surface area contributed by atoms with E-state index >= 15 is 0 Å². The van der Waals surface area contributed by atoms with E-state index in [9.17, 15) is 13.2 Å². The van der Waals surface area contributed by atoms with Gasteiger partial charge in [0.15, 0.2) is 0 Å². The van der Waals surface area contributed by atoms with Crippen LogP contribution in [0.15, 0.2) is 23.4 Å². The molecule has 20 heavy (non-hydrogen) atoms. The van der Waals surface area contributed by atoms with Crippen molar-refractivity contribution in [1.29, 1.82) is 0 Å². The molecule has 0 spiro atoms. The first-order valence-electron chi connectivity index (χ1n) is 6.39. The topological polar surface area (TPSA) is 74.7 Å². The van der Waals surface area contributed by atoms with Crippen molar-refractivity contribution < 1.29 is 13.2 Å². The molecular formula is C12H20N4O3S. The quantitative estimate of drug-likeness (QED) is 0.783. The number of nitrogens with one attached hydrogen (secondary N) is 1. The van der Waals surface area contributed by atoms with Crippen LogP contribution in [0.25, 0.3) is 0 Å². The lowest BCUT2D eigenvalue weighted by molar-refractivity contribution is -0.133. The monoisotopic (exact) mass is 300 g/mol. The number of carbonyl (C=O) groups excluding carboxylic acids is 1. The number of hydrogen-bond acceptors (Lipinski definition) is 4. The van der Waals surface area contributed by atoms with Gasteiger partial charge in [0.05, 0.1) is 4.90 Å². The summed E-state index contributed by atoms with van der Waals surface area (Å²) in [5.74, 6) is -0.211. The van der Waals surface area contributed by atoms with Crippen LogP contribution in [0.1, 0.15) is 0 Å². The average molecular weight is 300 g/mol. The molecule has 112 valence electrons. The van der Waals surface area contributed by atoms with Crippen molar-refractivity contribution >= 4 is 15.9 Å². The van der Waals surface area contributed by atoms with Gasteiger partial charge < -0.3 is 14.8 Å². The zero-order chi connectivity index (χ0) is 14.9. The second-order valence-electron chi connectivity index (χ2n) is 5.08. The van der Waals surface area contributed by atoms with E-state index in [4.69, 9.17) is 0 Å². The van der Waals surface area contributed by atoms with E-state index in [0.717, 1.165) is 0 Å². The Hall–Kier alpha value is -1.38. The van der Waals surface area contributed by atoms with Crippen molar-refractivity contribution in [3.63, 3.8) is 0 Å². The highest BCUT2D eigenvalue weighted by Gasteiger charge is 2.38. The first-order chi connectivity index (χ1) is 9.34. The van der Waals surface area contributed by atoms with Crippen molar-refractivity contribution in [3.8, 4) is 0 Å². The summed E-state index contributed by atoms with van der Waals surface area (Å²) in [4.78, 5) is 13.8. The fraction of sp³-hybridized carbons (Fsp3) is 0.583. The summed E-state index contributed by atoms with van der Waals surface area (Å²) in [7, 11) is 1.38. The van der Waals surface area contributed by atoms with Crippen LogP contribution in [0.3, 0.4) is 0 Å². The van der Waals surface area contributed by atoms with E-state index in [0.29, 0.717) is 19.6 Å². The summed E-state index contributed by atoms with van der Waals surface area (Å²) in [5.41, 5.74) is 0. The first kappa shape index (κ1) is 15.0. The lowest BCUT2D eigenvalue weighted by Gasteiger charge is -2.35. The highest BCUT2D eigenvalue weighted by atomic mass is 32.2. The summed E-state index contributed by atoms with van der Waals surface area (Å²) >= 11 is 0. The average Bonchev–Trinajstić information content (AvgIpc) is 2.85. The van der Waals surface area contributed by atoms with Gasteiger partial charge in [-0.2, -0.15) is 4.31 Å². The summed E-state index contributed by atoms with van der Waals surface area (Å²) in [6.45, 7) is 1.17. The maximum Gasteiger partial charge on any atom is 0.245 e. The van der Waals surface area contributed by atoms with Crippen LogP contribution >= 0.6 is 0 Å². The van der Waals surface area contributed by atoms with Crippen molar-refractivity contribution in [3.05, 3.63) is 18.5 Å². The number of carbonyl (C=O) groups is 1. The molecule has 1 atom stereocenters. The molecule has 1 aromatic rings. The Balaban J connectivity index is 2.34. The first-order valence-corrected chi connectivity index (χ1v) is 7.84. The third-order valence-corrected chi connectivity index (χ3v) is 5.22. The maximum atomic E-state index is 12.7. The number of likely N-dealkylation sites (N-methyl/N-ethyl adjacent to an activating group) is 1. The lowest BCUT2D eigenvalue weighted by atomic mass is 10.2. The third kappa shape index (κ3) is 2.72. The molecule has 2 rings (SSSR count). The number of aromatic nitrogens is 1. The number of piperazine rings is 1. The summed E-state index contributed by atoms with van der Waals surface area (Å²) in [6, 6.07) is 0.859. The number of sulfonamides is 1. The fourth-order valence-corrected chi connectivity index (χ4v) is 3.88. The molecule has 1 fully saturated rings. The highest BCUT2D eigenvalue weighted by Crippen LogP contribution is 2.20. The van der Waals surface area contributed by atoms with Gasteiger partial charge in [-0.3, -0.25) is 4.79 Å². The second kappa shape index (κ2) is 5.55. The molecule has 1 N–H and O–H groups in total. The lowest BCUT2D eigenvalue weighted by Crippen LogP contribution is -2.59. The van der Waals surface area contributed by atoms with Gasteiger partial charge in [0.1, 0.15) is 6.04 Å². The van der Waals surface area contributed by atoms with Crippen LogP contribution in [0.5, 0.6) is 0 Å². The Bertz CT molecular complexity index is 594. The predicted molar refractivity (Wildman–Crippen MR) is 74.7 cm³/mol. The molecular weight excluding hydrogens is 280 g/mol. The van der Waals surface area contributed by atoms with Gasteiger partial charge in [0, 0.05) is 53.2 Å². The molecule has 1 saturated heterocycles. The molecule has 1 unspecified atom stereocenters. The summed E-state index contributed by atoms with van der Waals surface area (Å²) in [6.07, 6.45) is 3.23. The van der Waals surface area contributed by atoms with Crippen molar-refractivity contribution in [2.75, 3.05) is 33.7 Å². The van der Waals surface area contributed by atoms with E-state index in [1.54, 1.807) is 44.2 Å². The Morgan fingerprint density at radius 3 is 2.70 bits per heavy atom. The highest BCUT2D eigenvalue weighted by molar-refractivity contribution is 7.89. The van der Waals surface area contributed by atoms with Crippen LogP contribution < -0.4 is 5.32 Å². The third-order valence-electron chi connectivity index (χ3n) is 3.33. The molecule has 0 aromatic carbocycles.